The number of pyridine rings is 1. The summed E-state index contributed by atoms with van der Waals surface area (Å²) in [7, 11) is 0. The lowest BCUT2D eigenvalue weighted by molar-refractivity contribution is -0.127. The van der Waals surface area contributed by atoms with Crippen molar-refractivity contribution in [3.8, 4) is 11.5 Å². The number of ether oxygens (including phenoxy) is 2. The third-order valence-electron chi connectivity index (χ3n) is 5.66. The van der Waals surface area contributed by atoms with Gasteiger partial charge in [0.1, 0.15) is 0 Å². The number of benzene rings is 1. The molecule has 5 rings (SSSR count). The number of nitrogens with zero attached hydrogens (tertiary/aromatic N) is 2. The highest BCUT2D eigenvalue weighted by molar-refractivity contribution is 5.91. The highest BCUT2D eigenvalue weighted by Crippen LogP contribution is 2.39. The molecule has 3 aliphatic heterocycles. The second-order valence-corrected chi connectivity index (χ2v) is 7.31. The number of likely N-dealkylation sites (tertiary alicyclic amines) is 1. The molecule has 0 spiro atoms. The zero-order valence-electron chi connectivity index (χ0n) is 15.4. The number of carbonyl (C=O) groups is 1. The van der Waals surface area contributed by atoms with E-state index in [2.05, 4.69) is 21.9 Å². The molecule has 0 saturated carbocycles. The van der Waals surface area contributed by atoms with Gasteiger partial charge >= 0.3 is 0 Å². The highest BCUT2D eigenvalue weighted by atomic mass is 16.7. The molecule has 2 saturated heterocycles. The molecule has 7 heteroatoms. The lowest BCUT2D eigenvalue weighted by Crippen LogP contribution is -2.47. The van der Waals surface area contributed by atoms with Crippen LogP contribution in [0.3, 0.4) is 0 Å². The van der Waals surface area contributed by atoms with Gasteiger partial charge in [-0.25, -0.2) is 5.43 Å². The predicted molar refractivity (Wildman–Crippen MR) is 103 cm³/mol. The van der Waals surface area contributed by atoms with Crippen molar-refractivity contribution in [3.05, 3.63) is 59.9 Å². The summed E-state index contributed by atoms with van der Waals surface area (Å²) in [6.07, 6.45) is 6.03. The van der Waals surface area contributed by atoms with Gasteiger partial charge in [-0.3, -0.25) is 15.2 Å². The minimum absolute atomic E-state index is 0.0282. The summed E-state index contributed by atoms with van der Waals surface area (Å²) in [5.74, 6) is 1.89. The summed E-state index contributed by atoms with van der Waals surface area (Å²) in [6, 6.07) is 12.2. The average molecular weight is 378 g/mol. The SMILES string of the molecule is O=C(/C=C/c1ccccn1)N1CCC2NNC(c3ccc4c(c3)OCO4)C2C1. The standard InChI is InChI=1S/C21H22N4O3/c26-20(7-5-15-3-1-2-9-22-15)25-10-8-17-16(12-25)21(24-23-17)14-4-6-18-19(11-14)28-13-27-18/h1-7,9,11,16-17,21,23-24H,8,10,12-13H2/b7-5+. The van der Waals surface area contributed by atoms with Crippen LogP contribution in [0.5, 0.6) is 11.5 Å². The first-order valence-electron chi connectivity index (χ1n) is 9.56. The number of rotatable bonds is 3. The van der Waals surface area contributed by atoms with Gasteiger partial charge in [0.05, 0.1) is 11.7 Å². The number of hydrogen-bond acceptors (Lipinski definition) is 6. The zero-order valence-corrected chi connectivity index (χ0v) is 15.4. The topological polar surface area (TPSA) is 75.7 Å². The van der Waals surface area contributed by atoms with Crippen LogP contribution in [0, 0.1) is 5.92 Å². The molecule has 1 aromatic carbocycles. The van der Waals surface area contributed by atoms with Crippen molar-refractivity contribution in [3.63, 3.8) is 0 Å². The third kappa shape index (κ3) is 3.23. The van der Waals surface area contributed by atoms with Crippen LogP contribution in [0.25, 0.3) is 6.08 Å². The van der Waals surface area contributed by atoms with Gasteiger partial charge in [-0.1, -0.05) is 12.1 Å². The molecule has 0 aliphatic carbocycles. The fourth-order valence-corrected chi connectivity index (χ4v) is 4.18. The largest absolute Gasteiger partial charge is 0.454 e. The summed E-state index contributed by atoms with van der Waals surface area (Å²) in [6.45, 7) is 1.72. The third-order valence-corrected chi connectivity index (χ3v) is 5.66. The molecular formula is C21H22N4O3. The van der Waals surface area contributed by atoms with Crippen molar-refractivity contribution in [1.29, 1.82) is 0 Å². The van der Waals surface area contributed by atoms with E-state index in [1.54, 1.807) is 18.3 Å². The molecule has 1 amide bonds. The molecule has 3 aliphatic rings. The van der Waals surface area contributed by atoms with Gasteiger partial charge in [0, 0.05) is 37.3 Å². The minimum atomic E-state index is 0.0282. The number of hydrogen-bond donors (Lipinski definition) is 2. The first-order valence-corrected chi connectivity index (χ1v) is 9.56. The van der Waals surface area contributed by atoms with Crippen molar-refractivity contribution in [2.24, 2.45) is 5.92 Å². The number of nitrogens with one attached hydrogen (secondary N) is 2. The van der Waals surface area contributed by atoms with Crippen LogP contribution >= 0.6 is 0 Å². The summed E-state index contributed by atoms with van der Waals surface area (Å²) < 4.78 is 10.9. The Morgan fingerprint density at radius 1 is 1.18 bits per heavy atom. The van der Waals surface area contributed by atoms with Crippen molar-refractivity contribution in [2.45, 2.75) is 18.5 Å². The van der Waals surface area contributed by atoms with Crippen LogP contribution in [0.15, 0.2) is 48.7 Å². The Bertz CT molecular complexity index is 902. The summed E-state index contributed by atoms with van der Waals surface area (Å²) in [4.78, 5) is 18.8. The minimum Gasteiger partial charge on any atom is -0.454 e. The van der Waals surface area contributed by atoms with Gasteiger partial charge in [0.25, 0.3) is 0 Å². The number of carbonyl (C=O) groups excluding carboxylic acids is 1. The maximum atomic E-state index is 12.7. The van der Waals surface area contributed by atoms with E-state index in [0.717, 1.165) is 35.7 Å². The van der Waals surface area contributed by atoms with E-state index in [4.69, 9.17) is 9.47 Å². The Labute approximate surface area is 163 Å². The summed E-state index contributed by atoms with van der Waals surface area (Å²) in [5.41, 5.74) is 8.74. The van der Waals surface area contributed by atoms with Crippen LogP contribution in [0.1, 0.15) is 23.7 Å². The number of amides is 1. The summed E-state index contributed by atoms with van der Waals surface area (Å²) >= 11 is 0. The number of piperidine rings is 1. The van der Waals surface area contributed by atoms with Crippen molar-refractivity contribution in [1.82, 2.24) is 20.7 Å². The van der Waals surface area contributed by atoms with Crippen molar-refractivity contribution in [2.75, 3.05) is 19.9 Å². The van der Waals surface area contributed by atoms with E-state index < -0.39 is 0 Å². The van der Waals surface area contributed by atoms with Crippen LogP contribution in [0.4, 0.5) is 0 Å². The molecule has 1 aromatic heterocycles. The van der Waals surface area contributed by atoms with Gasteiger partial charge in [-0.15, -0.1) is 0 Å². The smallest absolute Gasteiger partial charge is 0.246 e. The quantitative estimate of drug-likeness (QED) is 0.795. The summed E-state index contributed by atoms with van der Waals surface area (Å²) in [5, 5.41) is 0. The van der Waals surface area contributed by atoms with E-state index in [1.165, 1.54) is 0 Å². The Morgan fingerprint density at radius 3 is 3.00 bits per heavy atom. The van der Waals surface area contributed by atoms with Gasteiger partial charge in [0.2, 0.25) is 12.7 Å². The Kier molecular flexibility index (Phi) is 4.46. The second kappa shape index (κ2) is 7.26. The predicted octanol–water partition coefficient (Wildman–Crippen LogP) is 1.89. The van der Waals surface area contributed by atoms with Crippen LogP contribution in [-0.2, 0) is 4.79 Å². The highest BCUT2D eigenvalue weighted by Gasteiger charge is 2.41. The first kappa shape index (κ1) is 17.2. The number of aromatic nitrogens is 1. The van der Waals surface area contributed by atoms with E-state index in [1.807, 2.05) is 35.2 Å². The molecule has 28 heavy (non-hydrogen) atoms. The van der Waals surface area contributed by atoms with Crippen molar-refractivity contribution >= 4 is 12.0 Å². The molecule has 7 nitrogen and oxygen atoms in total. The molecule has 3 atom stereocenters. The molecule has 0 radical (unpaired) electrons. The van der Waals surface area contributed by atoms with Crippen LogP contribution in [0.2, 0.25) is 0 Å². The Morgan fingerprint density at radius 2 is 2.11 bits per heavy atom. The molecule has 3 unspecified atom stereocenters. The van der Waals surface area contributed by atoms with Gasteiger partial charge in [0.15, 0.2) is 11.5 Å². The number of fused-ring (bicyclic) bond motifs is 2. The lowest BCUT2D eigenvalue weighted by atomic mass is 9.85. The van der Waals surface area contributed by atoms with Crippen LogP contribution < -0.4 is 20.3 Å². The fourth-order valence-electron chi connectivity index (χ4n) is 4.18. The van der Waals surface area contributed by atoms with Gasteiger partial charge < -0.3 is 14.4 Å². The number of hydrazine groups is 1. The van der Waals surface area contributed by atoms with E-state index in [9.17, 15) is 4.79 Å². The normalized spacial score (nSPS) is 25.9. The van der Waals surface area contributed by atoms with E-state index in [-0.39, 0.29) is 18.7 Å². The first-order chi connectivity index (χ1) is 13.8. The molecule has 2 aromatic rings. The van der Waals surface area contributed by atoms with Gasteiger partial charge in [-0.05, 0) is 42.3 Å². The monoisotopic (exact) mass is 378 g/mol. The van der Waals surface area contributed by atoms with Crippen LogP contribution in [-0.4, -0.2) is 41.7 Å². The maximum absolute atomic E-state index is 12.7. The molecule has 0 bridgehead atoms. The molecule has 2 N–H and O–H groups in total. The zero-order chi connectivity index (χ0) is 18.9. The maximum Gasteiger partial charge on any atom is 0.246 e. The average Bonchev–Trinajstić information content (AvgIpc) is 3.38. The fraction of sp³-hybridized carbons (Fsp3) is 0.333. The van der Waals surface area contributed by atoms with E-state index >= 15 is 0 Å². The van der Waals surface area contributed by atoms with E-state index in [0.29, 0.717) is 18.5 Å². The van der Waals surface area contributed by atoms with Gasteiger partial charge in [-0.2, -0.15) is 0 Å². The second-order valence-electron chi connectivity index (χ2n) is 7.31. The lowest BCUT2D eigenvalue weighted by Gasteiger charge is -2.35. The molecule has 144 valence electrons. The Hall–Kier alpha value is -2.90. The molecule has 2 fully saturated rings. The molecular weight excluding hydrogens is 356 g/mol. The van der Waals surface area contributed by atoms with Crippen molar-refractivity contribution < 1.29 is 14.3 Å². The molecule has 4 heterocycles. The Balaban J connectivity index is 1.30.